The van der Waals surface area contributed by atoms with E-state index >= 15 is 0 Å². The summed E-state index contributed by atoms with van der Waals surface area (Å²) in [7, 11) is 0. The number of hydrogen-bond acceptors (Lipinski definition) is 5. The smallest absolute Gasteiger partial charge is 0.305 e. The minimum absolute atomic E-state index is 0.00848. The zero-order valence-electron chi connectivity index (χ0n) is 54.1. The molecule has 0 bridgehead atoms. The zero-order valence-corrected chi connectivity index (χ0v) is 54.1. The molecule has 6 nitrogen and oxygen atoms in total. The van der Waals surface area contributed by atoms with E-state index in [0.717, 1.165) is 77.0 Å². The summed E-state index contributed by atoms with van der Waals surface area (Å²) in [6.07, 6.45) is 89.4. The van der Waals surface area contributed by atoms with E-state index in [9.17, 15) is 19.8 Å². The van der Waals surface area contributed by atoms with Crippen molar-refractivity contribution in [2.24, 2.45) is 0 Å². The molecule has 6 heteroatoms. The van der Waals surface area contributed by atoms with Crippen LogP contribution in [0, 0.1) is 0 Å². The van der Waals surface area contributed by atoms with E-state index in [-0.39, 0.29) is 18.5 Å². The number of unbranched alkanes of at least 4 members (excludes halogenated alkanes) is 54. The molecular weight excluding hydrogens is 983 g/mol. The maximum absolute atomic E-state index is 12.5. The van der Waals surface area contributed by atoms with Gasteiger partial charge >= 0.3 is 5.97 Å². The summed E-state index contributed by atoms with van der Waals surface area (Å²) in [5.74, 6) is -0.0822. The molecule has 80 heavy (non-hydrogen) atoms. The molecular formula is C74H141NO5. The van der Waals surface area contributed by atoms with Gasteiger partial charge in [0, 0.05) is 12.8 Å². The number of ether oxygens (including phenoxy) is 1. The van der Waals surface area contributed by atoms with Crippen LogP contribution in [0.3, 0.4) is 0 Å². The molecule has 0 saturated carbocycles. The molecule has 0 aliphatic carbocycles. The molecule has 0 aliphatic rings. The SMILES string of the molecule is CCCCCCCCCCCCCCCCCCCCCCCCC/C=C/C(O)C(CO)NC(=O)CCCCCCCCCCCC/C=C\C=C/CCCCCOC(=O)CCCCCCCCCCCCCCCCCCCCC. The largest absolute Gasteiger partial charge is 0.466 e. The molecule has 0 saturated heterocycles. The molecule has 3 N–H and O–H groups in total. The summed E-state index contributed by atoms with van der Waals surface area (Å²) in [5, 5.41) is 23.3. The van der Waals surface area contributed by atoms with Crippen molar-refractivity contribution in [3.05, 3.63) is 36.5 Å². The molecule has 0 aromatic rings. The number of aliphatic hydroxyl groups excluding tert-OH is 2. The number of nitrogens with one attached hydrogen (secondary N) is 1. The van der Waals surface area contributed by atoms with Crippen molar-refractivity contribution < 1.29 is 24.5 Å². The van der Waals surface area contributed by atoms with Crippen molar-refractivity contribution >= 4 is 11.9 Å². The van der Waals surface area contributed by atoms with Crippen molar-refractivity contribution in [2.75, 3.05) is 13.2 Å². The first-order valence-corrected chi connectivity index (χ1v) is 36.3. The van der Waals surface area contributed by atoms with Crippen LogP contribution in [0.25, 0.3) is 0 Å². The number of carbonyl (C=O) groups is 2. The Morgan fingerprint density at radius 2 is 0.613 bits per heavy atom. The summed E-state index contributed by atoms with van der Waals surface area (Å²) >= 11 is 0. The van der Waals surface area contributed by atoms with Gasteiger partial charge < -0.3 is 20.3 Å². The van der Waals surface area contributed by atoms with E-state index in [2.05, 4.69) is 43.5 Å². The number of allylic oxidation sites excluding steroid dienone is 5. The first-order valence-electron chi connectivity index (χ1n) is 36.3. The fraction of sp³-hybridized carbons (Fsp3) is 0.892. The van der Waals surface area contributed by atoms with Crippen LogP contribution in [0.2, 0.25) is 0 Å². The fourth-order valence-corrected chi connectivity index (χ4v) is 11.4. The van der Waals surface area contributed by atoms with Crippen molar-refractivity contribution in [3.63, 3.8) is 0 Å². The van der Waals surface area contributed by atoms with Gasteiger partial charge in [0.15, 0.2) is 0 Å². The highest BCUT2D eigenvalue weighted by Crippen LogP contribution is 2.19. The molecule has 1 amide bonds. The highest BCUT2D eigenvalue weighted by molar-refractivity contribution is 5.76. The normalized spacial score (nSPS) is 12.7. The summed E-state index contributed by atoms with van der Waals surface area (Å²) < 4.78 is 5.48. The number of amides is 1. The van der Waals surface area contributed by atoms with Crippen LogP contribution in [-0.2, 0) is 14.3 Å². The third-order valence-corrected chi connectivity index (χ3v) is 16.9. The molecule has 2 unspecified atom stereocenters. The van der Waals surface area contributed by atoms with Gasteiger partial charge in [-0.05, 0) is 64.2 Å². The van der Waals surface area contributed by atoms with Crippen LogP contribution in [0.4, 0.5) is 0 Å². The number of carbonyl (C=O) groups excluding carboxylic acids is 2. The lowest BCUT2D eigenvalue weighted by Crippen LogP contribution is -2.45. The molecule has 0 radical (unpaired) electrons. The lowest BCUT2D eigenvalue weighted by molar-refractivity contribution is -0.143. The summed E-state index contributed by atoms with van der Waals surface area (Å²) in [5.41, 5.74) is 0. The van der Waals surface area contributed by atoms with Crippen molar-refractivity contribution in [3.8, 4) is 0 Å². The van der Waals surface area contributed by atoms with E-state index in [1.807, 2.05) is 6.08 Å². The molecule has 2 atom stereocenters. The van der Waals surface area contributed by atoms with Crippen LogP contribution in [0.15, 0.2) is 36.5 Å². The lowest BCUT2D eigenvalue weighted by atomic mass is 10.0. The van der Waals surface area contributed by atoms with Gasteiger partial charge in [-0.1, -0.05) is 359 Å². The van der Waals surface area contributed by atoms with Gasteiger partial charge in [0.05, 0.1) is 25.4 Å². The van der Waals surface area contributed by atoms with E-state index < -0.39 is 12.1 Å². The molecule has 0 aromatic heterocycles. The Kier molecular flexibility index (Phi) is 67.9. The number of hydrogen-bond donors (Lipinski definition) is 3. The lowest BCUT2D eigenvalue weighted by Gasteiger charge is -2.20. The average molecular weight is 1120 g/mol. The molecule has 0 heterocycles. The molecule has 0 rings (SSSR count). The second kappa shape index (κ2) is 69.6. The maximum atomic E-state index is 12.5. The van der Waals surface area contributed by atoms with Crippen LogP contribution >= 0.6 is 0 Å². The molecule has 472 valence electrons. The Labute approximate surface area is 500 Å². The van der Waals surface area contributed by atoms with Crippen molar-refractivity contribution in [1.82, 2.24) is 5.32 Å². The van der Waals surface area contributed by atoms with Gasteiger partial charge in [-0.3, -0.25) is 9.59 Å². The van der Waals surface area contributed by atoms with Crippen LogP contribution in [0.5, 0.6) is 0 Å². The summed E-state index contributed by atoms with van der Waals surface area (Å²) in [6, 6.07) is -0.638. The van der Waals surface area contributed by atoms with Crippen molar-refractivity contribution in [1.29, 1.82) is 0 Å². The number of rotatable bonds is 68. The second-order valence-electron chi connectivity index (χ2n) is 25.0. The van der Waals surface area contributed by atoms with Gasteiger partial charge in [0.25, 0.3) is 0 Å². The molecule has 0 aromatic carbocycles. The van der Waals surface area contributed by atoms with E-state index in [1.165, 1.54) is 295 Å². The monoisotopic (exact) mass is 1120 g/mol. The minimum Gasteiger partial charge on any atom is -0.466 e. The van der Waals surface area contributed by atoms with E-state index in [4.69, 9.17) is 4.74 Å². The van der Waals surface area contributed by atoms with Gasteiger partial charge in [-0.2, -0.15) is 0 Å². The van der Waals surface area contributed by atoms with Gasteiger partial charge in [-0.15, -0.1) is 0 Å². The Morgan fingerprint density at radius 1 is 0.350 bits per heavy atom. The maximum Gasteiger partial charge on any atom is 0.305 e. The Balaban J connectivity index is 3.47. The summed E-state index contributed by atoms with van der Waals surface area (Å²) in [4.78, 5) is 24.6. The predicted molar refractivity (Wildman–Crippen MR) is 352 cm³/mol. The number of aliphatic hydroxyl groups is 2. The Hall–Kier alpha value is -1.92. The van der Waals surface area contributed by atoms with Gasteiger partial charge in [0.1, 0.15) is 0 Å². The topological polar surface area (TPSA) is 95.9 Å². The van der Waals surface area contributed by atoms with Crippen LogP contribution < -0.4 is 5.32 Å². The third kappa shape index (κ3) is 65.2. The van der Waals surface area contributed by atoms with E-state index in [0.29, 0.717) is 19.4 Å². The zero-order chi connectivity index (χ0) is 57.8. The van der Waals surface area contributed by atoms with Gasteiger partial charge in [-0.25, -0.2) is 0 Å². The second-order valence-corrected chi connectivity index (χ2v) is 25.0. The fourth-order valence-electron chi connectivity index (χ4n) is 11.4. The van der Waals surface area contributed by atoms with Crippen LogP contribution in [0.1, 0.15) is 399 Å². The Bertz CT molecular complexity index is 1300. The van der Waals surface area contributed by atoms with Crippen LogP contribution in [-0.4, -0.2) is 47.4 Å². The average Bonchev–Trinajstić information content (AvgIpc) is 3.46. The highest BCUT2D eigenvalue weighted by atomic mass is 16.5. The first kappa shape index (κ1) is 78.1. The Morgan fingerprint density at radius 3 is 0.925 bits per heavy atom. The van der Waals surface area contributed by atoms with E-state index in [1.54, 1.807) is 6.08 Å². The molecule has 0 spiro atoms. The van der Waals surface area contributed by atoms with Crippen molar-refractivity contribution in [2.45, 2.75) is 411 Å². The quantitative estimate of drug-likeness (QED) is 0.0244. The third-order valence-electron chi connectivity index (χ3n) is 16.9. The minimum atomic E-state index is -0.853. The summed E-state index contributed by atoms with van der Waals surface area (Å²) in [6.45, 7) is 4.91. The molecule has 0 fully saturated rings. The molecule has 0 aliphatic heterocycles. The standard InChI is InChI=1S/C74H141NO5/c1-3-5-7-9-11-13-15-17-19-21-23-24-25-26-27-28-31-34-38-42-46-50-54-58-62-66-72(77)71(70-76)75-73(78)67-63-59-55-51-47-43-39-35-32-29-33-37-41-45-49-53-57-61-65-69-80-74(79)68-64-60-56-52-48-44-40-36-30-22-20-18-16-14-12-10-8-6-4-2/h37,41,45,49,62,66,71-72,76-77H,3-36,38-40,42-44,46-48,50-61,63-65,67-70H2,1-2H3,(H,75,78)/b41-37-,49-45-,66-62+. The first-order chi connectivity index (χ1) is 39.5. The number of esters is 1. The predicted octanol–water partition coefficient (Wildman–Crippen LogP) is 23.5. The van der Waals surface area contributed by atoms with Gasteiger partial charge in [0.2, 0.25) is 5.91 Å². The highest BCUT2D eigenvalue weighted by Gasteiger charge is 2.18.